The molecule has 0 aliphatic carbocycles. The average molecular weight is 329 g/mol. The molecule has 0 radical (unpaired) electrons. The van der Waals surface area contributed by atoms with E-state index in [1.54, 1.807) is 11.3 Å². The molecule has 1 aliphatic heterocycles. The van der Waals surface area contributed by atoms with Crippen LogP contribution in [0.25, 0.3) is 0 Å². The third kappa shape index (κ3) is 3.98. The van der Waals surface area contributed by atoms with E-state index in [-0.39, 0.29) is 5.91 Å². The summed E-state index contributed by atoms with van der Waals surface area (Å²) in [5.41, 5.74) is 1.83. The van der Waals surface area contributed by atoms with Crippen molar-refractivity contribution >= 4 is 17.2 Å². The number of rotatable bonds is 6. The third-order valence-electron chi connectivity index (χ3n) is 4.17. The Morgan fingerprint density at radius 3 is 2.91 bits per heavy atom. The SMILES string of the molecule is CCCN(C(=O)c1csc(Cc2ccccc2)n1)C1CCNC1. The highest BCUT2D eigenvalue weighted by Gasteiger charge is 2.27. The minimum atomic E-state index is 0.0797. The Bertz CT molecular complexity index is 635. The molecule has 3 rings (SSSR count). The highest BCUT2D eigenvalue weighted by molar-refractivity contribution is 7.09. The van der Waals surface area contributed by atoms with Crippen molar-refractivity contribution in [2.24, 2.45) is 0 Å². The summed E-state index contributed by atoms with van der Waals surface area (Å²) in [5, 5.41) is 6.25. The summed E-state index contributed by atoms with van der Waals surface area (Å²) in [6, 6.07) is 10.6. The second kappa shape index (κ2) is 7.70. The fourth-order valence-electron chi connectivity index (χ4n) is 3.00. The predicted molar refractivity (Wildman–Crippen MR) is 94.0 cm³/mol. The van der Waals surface area contributed by atoms with Gasteiger partial charge in [-0.25, -0.2) is 4.98 Å². The molecular weight excluding hydrogens is 306 g/mol. The molecule has 1 aromatic carbocycles. The van der Waals surface area contributed by atoms with Crippen LogP contribution in [0.2, 0.25) is 0 Å². The van der Waals surface area contributed by atoms with Gasteiger partial charge in [0.05, 0.1) is 5.01 Å². The van der Waals surface area contributed by atoms with Crippen LogP contribution in [0.4, 0.5) is 0 Å². The van der Waals surface area contributed by atoms with Gasteiger partial charge in [0.2, 0.25) is 0 Å². The Kier molecular flexibility index (Phi) is 5.41. The summed E-state index contributed by atoms with van der Waals surface area (Å²) in [6.45, 7) is 4.81. The maximum absolute atomic E-state index is 12.8. The Morgan fingerprint density at radius 2 is 2.22 bits per heavy atom. The zero-order chi connectivity index (χ0) is 16.1. The quantitative estimate of drug-likeness (QED) is 0.886. The first kappa shape index (κ1) is 16.1. The molecule has 4 nitrogen and oxygen atoms in total. The topological polar surface area (TPSA) is 45.2 Å². The predicted octanol–water partition coefficient (Wildman–Crippen LogP) is 2.95. The van der Waals surface area contributed by atoms with Crippen molar-refractivity contribution in [3.05, 3.63) is 52.0 Å². The summed E-state index contributed by atoms with van der Waals surface area (Å²) >= 11 is 1.58. The lowest BCUT2D eigenvalue weighted by Crippen LogP contribution is -2.42. The highest BCUT2D eigenvalue weighted by Crippen LogP contribution is 2.18. The molecule has 1 N–H and O–H groups in total. The largest absolute Gasteiger partial charge is 0.333 e. The standard InChI is InChI=1S/C18H23N3OS/c1-2-10-21(15-8-9-19-12-15)18(22)16-13-23-17(20-16)11-14-6-4-3-5-7-14/h3-7,13,15,19H,2,8-12H2,1H3. The first-order valence-corrected chi connectivity index (χ1v) is 9.16. The lowest BCUT2D eigenvalue weighted by molar-refractivity contribution is 0.0687. The summed E-state index contributed by atoms with van der Waals surface area (Å²) in [6.07, 6.45) is 2.80. The van der Waals surface area contributed by atoms with E-state index in [0.717, 1.165) is 43.9 Å². The Balaban J connectivity index is 1.71. The zero-order valence-corrected chi connectivity index (χ0v) is 14.3. The van der Waals surface area contributed by atoms with Gasteiger partial charge in [0.1, 0.15) is 5.69 Å². The van der Waals surface area contributed by atoms with Gasteiger partial charge in [-0.15, -0.1) is 11.3 Å². The summed E-state index contributed by atoms with van der Waals surface area (Å²) in [5.74, 6) is 0.0797. The molecule has 5 heteroatoms. The van der Waals surface area contributed by atoms with Crippen LogP contribution in [0.1, 0.15) is 40.8 Å². The van der Waals surface area contributed by atoms with Gasteiger partial charge >= 0.3 is 0 Å². The van der Waals surface area contributed by atoms with Crippen LogP contribution in [0.5, 0.6) is 0 Å². The van der Waals surface area contributed by atoms with Crippen LogP contribution in [0, 0.1) is 0 Å². The van der Waals surface area contributed by atoms with Crippen molar-refractivity contribution in [3.63, 3.8) is 0 Å². The van der Waals surface area contributed by atoms with Gasteiger partial charge in [0, 0.05) is 30.9 Å². The van der Waals surface area contributed by atoms with Gasteiger partial charge in [-0.2, -0.15) is 0 Å². The lowest BCUT2D eigenvalue weighted by atomic mass is 10.2. The molecule has 1 aliphatic rings. The summed E-state index contributed by atoms with van der Waals surface area (Å²) in [4.78, 5) is 19.4. The molecule has 1 aromatic heterocycles. The van der Waals surface area contributed by atoms with Crippen LogP contribution in [-0.2, 0) is 6.42 Å². The number of amides is 1. The number of nitrogens with zero attached hydrogens (tertiary/aromatic N) is 2. The maximum Gasteiger partial charge on any atom is 0.273 e. The number of thiazole rings is 1. The zero-order valence-electron chi connectivity index (χ0n) is 13.5. The Labute approximate surface area is 141 Å². The number of carbonyl (C=O) groups excluding carboxylic acids is 1. The van der Waals surface area contributed by atoms with Crippen LogP contribution >= 0.6 is 11.3 Å². The smallest absolute Gasteiger partial charge is 0.273 e. The van der Waals surface area contributed by atoms with Crippen molar-refractivity contribution in [1.82, 2.24) is 15.2 Å². The molecule has 0 bridgehead atoms. The fraction of sp³-hybridized carbons (Fsp3) is 0.444. The minimum Gasteiger partial charge on any atom is -0.333 e. The monoisotopic (exact) mass is 329 g/mol. The maximum atomic E-state index is 12.8. The number of hydrogen-bond acceptors (Lipinski definition) is 4. The molecule has 1 amide bonds. The van der Waals surface area contributed by atoms with Crippen molar-refractivity contribution in [1.29, 1.82) is 0 Å². The molecule has 2 aromatic rings. The van der Waals surface area contributed by atoms with Crippen LogP contribution in [0.15, 0.2) is 35.7 Å². The second-order valence-corrected chi connectivity index (χ2v) is 6.88. The molecule has 1 unspecified atom stereocenters. The number of aromatic nitrogens is 1. The van der Waals surface area contributed by atoms with E-state index < -0.39 is 0 Å². The van der Waals surface area contributed by atoms with E-state index in [1.165, 1.54) is 5.56 Å². The molecule has 1 saturated heterocycles. The van der Waals surface area contributed by atoms with Crippen molar-refractivity contribution in [3.8, 4) is 0 Å². The molecule has 2 heterocycles. The Hall–Kier alpha value is -1.72. The van der Waals surface area contributed by atoms with Crippen LogP contribution < -0.4 is 5.32 Å². The van der Waals surface area contributed by atoms with E-state index in [9.17, 15) is 4.79 Å². The Morgan fingerprint density at radius 1 is 1.39 bits per heavy atom. The van der Waals surface area contributed by atoms with Crippen molar-refractivity contribution in [2.45, 2.75) is 32.2 Å². The van der Waals surface area contributed by atoms with E-state index in [1.807, 2.05) is 28.5 Å². The van der Waals surface area contributed by atoms with E-state index in [2.05, 4.69) is 29.4 Å². The summed E-state index contributed by atoms with van der Waals surface area (Å²) < 4.78 is 0. The van der Waals surface area contributed by atoms with Gasteiger partial charge in [0.15, 0.2) is 0 Å². The van der Waals surface area contributed by atoms with Gasteiger partial charge in [0.25, 0.3) is 5.91 Å². The first-order chi connectivity index (χ1) is 11.3. The number of carbonyl (C=O) groups is 1. The van der Waals surface area contributed by atoms with Gasteiger partial charge < -0.3 is 10.2 Å². The minimum absolute atomic E-state index is 0.0797. The average Bonchev–Trinajstić information content (AvgIpc) is 3.25. The number of benzene rings is 1. The number of nitrogens with one attached hydrogen (secondary N) is 1. The van der Waals surface area contributed by atoms with Crippen LogP contribution in [-0.4, -0.2) is 41.5 Å². The fourth-order valence-corrected chi connectivity index (χ4v) is 3.81. The lowest BCUT2D eigenvalue weighted by Gasteiger charge is -2.27. The first-order valence-electron chi connectivity index (χ1n) is 8.28. The van der Waals surface area contributed by atoms with Crippen molar-refractivity contribution in [2.75, 3.05) is 19.6 Å². The third-order valence-corrected chi connectivity index (χ3v) is 5.02. The second-order valence-electron chi connectivity index (χ2n) is 5.93. The van der Waals surface area contributed by atoms with Gasteiger partial charge in [-0.05, 0) is 24.9 Å². The van der Waals surface area contributed by atoms with Crippen molar-refractivity contribution < 1.29 is 4.79 Å². The molecule has 23 heavy (non-hydrogen) atoms. The molecule has 1 fully saturated rings. The van der Waals surface area contributed by atoms with E-state index in [4.69, 9.17) is 0 Å². The van der Waals surface area contributed by atoms with E-state index >= 15 is 0 Å². The molecule has 0 saturated carbocycles. The molecule has 1 atom stereocenters. The normalized spacial score (nSPS) is 17.3. The number of hydrogen-bond donors (Lipinski definition) is 1. The van der Waals surface area contributed by atoms with Gasteiger partial charge in [-0.1, -0.05) is 37.3 Å². The molecule has 0 spiro atoms. The highest BCUT2D eigenvalue weighted by atomic mass is 32.1. The van der Waals surface area contributed by atoms with E-state index in [0.29, 0.717) is 11.7 Å². The van der Waals surface area contributed by atoms with Gasteiger partial charge in [-0.3, -0.25) is 4.79 Å². The summed E-state index contributed by atoms with van der Waals surface area (Å²) in [7, 11) is 0. The van der Waals surface area contributed by atoms with Crippen LogP contribution in [0.3, 0.4) is 0 Å². The molecule has 122 valence electrons. The molecular formula is C18H23N3OS.